The molecule has 6 heteroatoms. The van der Waals surface area contributed by atoms with E-state index in [9.17, 15) is 0 Å². The minimum Gasteiger partial charge on any atom is -0.399 e. The first-order valence-corrected chi connectivity index (χ1v) is 14.2. The van der Waals surface area contributed by atoms with Crippen molar-refractivity contribution in [1.29, 1.82) is 5.41 Å². The number of amidine groups is 1. The number of nitrogen functional groups attached to an aromatic ring is 1. The van der Waals surface area contributed by atoms with Crippen molar-refractivity contribution in [3.05, 3.63) is 74.1 Å². The number of hydrogen-bond donors (Lipinski definition) is 5. The maximum Gasteiger partial charge on any atom is 0.0873 e. The van der Waals surface area contributed by atoms with Crippen LogP contribution >= 0.6 is 0 Å². The summed E-state index contributed by atoms with van der Waals surface area (Å²) >= 11 is 0. The molecule has 0 saturated carbocycles. The van der Waals surface area contributed by atoms with Crippen molar-refractivity contribution in [2.24, 2.45) is 5.73 Å². The largest absolute Gasteiger partial charge is 0.399 e. The highest BCUT2D eigenvalue weighted by atomic mass is 15.2. The van der Waals surface area contributed by atoms with Gasteiger partial charge in [0.25, 0.3) is 0 Å². The molecule has 0 amide bonds. The monoisotopic (exact) mass is 528 g/mol. The Kier molecular flexibility index (Phi) is 31.4. The lowest BCUT2D eigenvalue weighted by Crippen LogP contribution is -2.40. The van der Waals surface area contributed by atoms with Gasteiger partial charge < -0.3 is 27.0 Å². The molecule has 2 heterocycles. The number of nitrogens with zero attached hydrogens (tertiary/aromatic N) is 1. The Balaban J connectivity index is -0.000000431. The zero-order valence-corrected chi connectivity index (χ0v) is 25.3. The van der Waals surface area contributed by atoms with E-state index in [1.54, 1.807) is 18.4 Å². The molecule has 1 unspecified atom stereocenters. The molecule has 1 atom stereocenters. The van der Waals surface area contributed by atoms with Crippen molar-refractivity contribution in [2.45, 2.75) is 85.6 Å². The molecule has 38 heavy (non-hydrogen) atoms. The van der Waals surface area contributed by atoms with Gasteiger partial charge in [-0.1, -0.05) is 91.0 Å². The molecule has 2 fully saturated rings. The summed E-state index contributed by atoms with van der Waals surface area (Å²) in [5.74, 6) is 0.167. The summed E-state index contributed by atoms with van der Waals surface area (Å²) in [4.78, 5) is 2.46. The van der Waals surface area contributed by atoms with Crippen LogP contribution in [0.2, 0.25) is 0 Å². The number of unbranched alkanes of at least 4 members (excludes halogenated alkanes) is 1. The predicted octanol–water partition coefficient (Wildman–Crippen LogP) is 7.33. The van der Waals surface area contributed by atoms with Gasteiger partial charge in [0, 0.05) is 37.1 Å². The summed E-state index contributed by atoms with van der Waals surface area (Å²) in [5.41, 5.74) is 13.4. The first-order chi connectivity index (χ1) is 18.3. The summed E-state index contributed by atoms with van der Waals surface area (Å²) < 4.78 is 0. The Morgan fingerprint density at radius 3 is 2.03 bits per heavy atom. The lowest BCUT2D eigenvalue weighted by atomic mass is 10.0. The molecule has 0 spiro atoms. The molecule has 2 saturated heterocycles. The van der Waals surface area contributed by atoms with Crippen molar-refractivity contribution in [2.75, 3.05) is 31.9 Å². The fraction of sp³-hybridized carbons (Fsp3) is 0.531. The van der Waals surface area contributed by atoms with Crippen LogP contribution in [0.25, 0.3) is 6.08 Å². The molecule has 6 nitrogen and oxygen atoms in total. The minimum absolute atomic E-state index is 0.167. The molecule has 0 aliphatic carbocycles. The maximum absolute atomic E-state index is 6.28. The molecule has 1 aromatic rings. The lowest BCUT2D eigenvalue weighted by molar-refractivity contribution is 0.334. The molecule has 0 bridgehead atoms. The maximum atomic E-state index is 6.28. The number of anilines is 1. The smallest absolute Gasteiger partial charge is 0.0873 e. The van der Waals surface area contributed by atoms with Gasteiger partial charge in [0.1, 0.15) is 0 Å². The van der Waals surface area contributed by atoms with Crippen molar-refractivity contribution in [1.82, 2.24) is 15.5 Å². The average molecular weight is 529 g/mol. The van der Waals surface area contributed by atoms with Crippen LogP contribution in [0.1, 0.15) is 85.1 Å². The van der Waals surface area contributed by atoms with E-state index in [2.05, 4.69) is 55.7 Å². The average Bonchev–Trinajstić information content (AvgIpc) is 3.49. The van der Waals surface area contributed by atoms with E-state index in [1.807, 2.05) is 38.1 Å². The third-order valence-electron chi connectivity index (χ3n) is 5.28. The molecule has 0 aromatic heterocycles. The van der Waals surface area contributed by atoms with E-state index >= 15 is 0 Å². The molecular formula is C32H60N6. The lowest BCUT2D eigenvalue weighted by Gasteiger charge is -2.31. The van der Waals surface area contributed by atoms with Gasteiger partial charge in [-0.2, -0.15) is 0 Å². The normalized spacial score (nSPS) is 14.8. The first kappa shape index (κ1) is 39.5. The Morgan fingerprint density at radius 1 is 1.11 bits per heavy atom. The molecule has 3 rings (SSSR count). The Morgan fingerprint density at radius 2 is 1.68 bits per heavy atom. The highest BCUT2D eigenvalue weighted by molar-refractivity contribution is 5.73. The Bertz CT molecular complexity index is 702. The van der Waals surface area contributed by atoms with E-state index in [4.69, 9.17) is 16.9 Å². The number of nitrogens with one attached hydrogen (secondary N) is 3. The standard InChI is InChI=1S/C11H20N2.C8H9N.C5H9N.C4H10.C2H6N2.C2H6/c1-10(13-8-4-5-9-13)11-6-2-3-7-12-11;1-2-7-4-3-5-8(9)6-7;1-3-5-6-4-2;1-3-4-2;1-2(3)4;1-2/h11-12H,1-9H2;2-6H,1,9H2;3-4,6H,1-2,5H2;3-4H2,1-2H3;1H3,(H3,3,4);1-2H3. The molecular weight excluding hydrogens is 468 g/mol. The second-order valence-corrected chi connectivity index (χ2v) is 8.65. The van der Waals surface area contributed by atoms with E-state index in [0.29, 0.717) is 6.04 Å². The second-order valence-electron chi connectivity index (χ2n) is 8.65. The highest BCUT2D eigenvalue weighted by Gasteiger charge is 2.21. The zero-order chi connectivity index (χ0) is 29.6. The van der Waals surface area contributed by atoms with E-state index in [1.165, 1.54) is 77.2 Å². The number of nitrogens with two attached hydrogens (primary N) is 2. The number of piperidine rings is 1. The Hall–Kier alpha value is -2.99. The summed E-state index contributed by atoms with van der Waals surface area (Å²) in [6.45, 7) is 29.1. The molecule has 2 aliphatic heterocycles. The van der Waals surface area contributed by atoms with Crippen LogP contribution in [0.4, 0.5) is 5.69 Å². The van der Waals surface area contributed by atoms with E-state index in [0.717, 1.165) is 17.8 Å². The zero-order valence-electron chi connectivity index (χ0n) is 25.3. The van der Waals surface area contributed by atoms with Crippen LogP contribution in [0.5, 0.6) is 0 Å². The fourth-order valence-corrected chi connectivity index (χ4v) is 3.21. The third-order valence-corrected chi connectivity index (χ3v) is 5.28. The highest BCUT2D eigenvalue weighted by Crippen LogP contribution is 2.20. The van der Waals surface area contributed by atoms with E-state index in [-0.39, 0.29) is 5.84 Å². The van der Waals surface area contributed by atoms with Gasteiger partial charge >= 0.3 is 0 Å². The molecule has 0 radical (unpaired) electrons. The minimum atomic E-state index is 0.167. The summed E-state index contributed by atoms with van der Waals surface area (Å²) in [7, 11) is 0. The first-order valence-electron chi connectivity index (χ1n) is 14.2. The van der Waals surface area contributed by atoms with Gasteiger partial charge in [-0.05, 0) is 63.0 Å². The van der Waals surface area contributed by atoms with Crippen molar-refractivity contribution in [3.63, 3.8) is 0 Å². The second kappa shape index (κ2) is 30.2. The topological polar surface area (TPSA) is 103 Å². The van der Waals surface area contributed by atoms with Crippen LogP contribution in [0, 0.1) is 5.41 Å². The number of rotatable bonds is 7. The van der Waals surface area contributed by atoms with Gasteiger partial charge in [-0.15, -0.1) is 6.58 Å². The van der Waals surface area contributed by atoms with Crippen LogP contribution in [0.15, 0.2) is 68.6 Å². The summed E-state index contributed by atoms with van der Waals surface area (Å²) in [6.07, 6.45) is 14.5. The van der Waals surface area contributed by atoms with Gasteiger partial charge in [0.2, 0.25) is 0 Å². The fourth-order valence-electron chi connectivity index (χ4n) is 3.21. The van der Waals surface area contributed by atoms with Crippen molar-refractivity contribution in [3.8, 4) is 0 Å². The molecule has 1 aromatic carbocycles. The van der Waals surface area contributed by atoms with Gasteiger partial charge in [-0.3, -0.25) is 5.41 Å². The van der Waals surface area contributed by atoms with Crippen LogP contribution in [-0.2, 0) is 0 Å². The van der Waals surface area contributed by atoms with E-state index < -0.39 is 0 Å². The van der Waals surface area contributed by atoms with Crippen LogP contribution < -0.4 is 22.1 Å². The summed E-state index contributed by atoms with van der Waals surface area (Å²) in [6, 6.07) is 8.18. The number of hydrogen-bond acceptors (Lipinski definition) is 5. The van der Waals surface area contributed by atoms with Crippen molar-refractivity contribution >= 4 is 17.6 Å². The molecule has 7 N–H and O–H groups in total. The van der Waals surface area contributed by atoms with Gasteiger partial charge in [-0.25, -0.2) is 0 Å². The van der Waals surface area contributed by atoms with Gasteiger partial charge in [0.15, 0.2) is 0 Å². The summed E-state index contributed by atoms with van der Waals surface area (Å²) in [5, 5.41) is 12.7. The van der Waals surface area contributed by atoms with Crippen LogP contribution in [0.3, 0.4) is 0 Å². The predicted molar refractivity (Wildman–Crippen MR) is 174 cm³/mol. The Labute approximate surface area is 235 Å². The molecule has 2 aliphatic rings. The molecule has 218 valence electrons. The van der Waals surface area contributed by atoms with Gasteiger partial charge in [0.05, 0.1) is 5.84 Å². The van der Waals surface area contributed by atoms with Crippen LogP contribution in [-0.4, -0.2) is 43.0 Å². The number of likely N-dealkylation sites (tertiary alicyclic amines) is 1. The SMILES string of the molecule is C=C(C1CCCCN1)N1CCCC1.C=CCNC=C.C=Cc1cccc(N)c1.CC.CC(=N)N.CCCC. The van der Waals surface area contributed by atoms with Crippen molar-refractivity contribution < 1.29 is 0 Å². The number of benzene rings is 1. The third kappa shape index (κ3) is 26.1. The quantitative estimate of drug-likeness (QED) is 0.0838.